The molecule has 8 nitrogen and oxygen atoms in total. The van der Waals surface area contributed by atoms with Crippen molar-refractivity contribution in [2.24, 2.45) is 0 Å². The lowest BCUT2D eigenvalue weighted by Gasteiger charge is -2.10. The lowest BCUT2D eigenvalue weighted by atomic mass is 10.3. The maximum atomic E-state index is 12.3. The third kappa shape index (κ3) is 5.31. The van der Waals surface area contributed by atoms with Crippen LogP contribution >= 0.6 is 24.8 Å². The Morgan fingerprint density at radius 1 is 0.957 bits per heavy atom. The number of halogens is 2. The van der Waals surface area contributed by atoms with E-state index in [0.717, 1.165) is 0 Å². The summed E-state index contributed by atoms with van der Waals surface area (Å²) in [6.45, 7) is 0. The molecule has 1 aromatic heterocycles. The number of nitrogens with two attached hydrogens (primary N) is 1. The first kappa shape index (κ1) is 21.0. The van der Waals surface area contributed by atoms with Crippen molar-refractivity contribution in [1.82, 2.24) is 9.97 Å². The van der Waals surface area contributed by atoms with E-state index in [1.165, 1.54) is 30.3 Å². The van der Waals surface area contributed by atoms with Crippen LogP contribution in [-0.4, -0.2) is 32.5 Å². The van der Waals surface area contributed by atoms with Crippen LogP contribution in [0.15, 0.2) is 35.2 Å². The molecule has 0 fully saturated rings. The van der Waals surface area contributed by atoms with Crippen molar-refractivity contribution in [3.8, 4) is 0 Å². The molecule has 128 valence electrons. The molecule has 0 saturated carbocycles. The number of benzene rings is 1. The van der Waals surface area contributed by atoms with Gasteiger partial charge in [-0.25, -0.2) is 8.42 Å². The molecule has 0 atom stereocenters. The number of hydrogen-bond donors (Lipinski definition) is 4. The topological polar surface area (TPSA) is 122 Å². The van der Waals surface area contributed by atoms with Gasteiger partial charge in [0.05, 0.1) is 4.90 Å². The highest BCUT2D eigenvalue weighted by Crippen LogP contribution is 2.19. The van der Waals surface area contributed by atoms with Gasteiger partial charge in [0.1, 0.15) is 11.6 Å². The highest BCUT2D eigenvalue weighted by molar-refractivity contribution is 7.92. The molecule has 0 bridgehead atoms. The van der Waals surface area contributed by atoms with Gasteiger partial charge in [-0.1, -0.05) is 0 Å². The zero-order chi connectivity index (χ0) is 15.5. The second-order valence-corrected chi connectivity index (χ2v) is 5.82. The van der Waals surface area contributed by atoms with Crippen LogP contribution in [0.1, 0.15) is 0 Å². The Bertz CT molecular complexity index is 717. The Balaban J connectivity index is 0.00000242. The second-order valence-electron chi connectivity index (χ2n) is 4.14. The van der Waals surface area contributed by atoms with E-state index in [2.05, 4.69) is 25.3 Å². The minimum absolute atomic E-state index is 0. The molecule has 1 heterocycles. The van der Waals surface area contributed by atoms with Crippen LogP contribution in [0.25, 0.3) is 0 Å². The zero-order valence-corrected chi connectivity index (χ0v) is 14.8. The van der Waals surface area contributed by atoms with Gasteiger partial charge in [0.15, 0.2) is 0 Å². The standard InChI is InChI=1S/C12H16N6O2S.2ClH/c1-14-10-7-11(17-12(15-2)16-10)18-21(19,20)9-5-3-8(13)4-6-9;;/h3-7H,13H2,1-2H3,(H3,14,15,16,17,18);2*1H. The minimum atomic E-state index is -3.73. The molecule has 1 aromatic carbocycles. The largest absolute Gasteiger partial charge is 0.399 e. The van der Waals surface area contributed by atoms with E-state index in [1.54, 1.807) is 14.1 Å². The fourth-order valence-corrected chi connectivity index (χ4v) is 2.58. The summed E-state index contributed by atoms with van der Waals surface area (Å²) < 4.78 is 26.9. The van der Waals surface area contributed by atoms with Crippen molar-refractivity contribution in [2.45, 2.75) is 4.90 Å². The molecule has 0 aliphatic heterocycles. The number of hydrogen-bond acceptors (Lipinski definition) is 7. The lowest BCUT2D eigenvalue weighted by Crippen LogP contribution is -2.15. The molecule has 2 rings (SSSR count). The van der Waals surface area contributed by atoms with Gasteiger partial charge in [-0.3, -0.25) is 4.72 Å². The van der Waals surface area contributed by atoms with Crippen LogP contribution in [0.3, 0.4) is 0 Å². The van der Waals surface area contributed by atoms with E-state index < -0.39 is 10.0 Å². The van der Waals surface area contributed by atoms with Gasteiger partial charge in [0.2, 0.25) is 5.95 Å². The number of nitrogens with one attached hydrogen (secondary N) is 3. The van der Waals surface area contributed by atoms with Crippen molar-refractivity contribution in [2.75, 3.05) is 35.2 Å². The molecular weight excluding hydrogens is 363 g/mol. The second kappa shape index (κ2) is 8.61. The number of sulfonamides is 1. The van der Waals surface area contributed by atoms with Crippen molar-refractivity contribution >= 4 is 58.1 Å². The van der Waals surface area contributed by atoms with Crippen molar-refractivity contribution in [3.05, 3.63) is 30.3 Å². The maximum Gasteiger partial charge on any atom is 0.263 e. The summed E-state index contributed by atoms with van der Waals surface area (Å²) in [6, 6.07) is 7.39. The first-order chi connectivity index (χ1) is 9.94. The van der Waals surface area contributed by atoms with Crippen LogP contribution in [0.4, 0.5) is 23.3 Å². The third-order valence-electron chi connectivity index (χ3n) is 2.64. The quantitative estimate of drug-likeness (QED) is 0.583. The fraction of sp³-hybridized carbons (Fsp3) is 0.167. The number of aromatic nitrogens is 2. The average molecular weight is 381 g/mol. The molecule has 0 radical (unpaired) electrons. The smallest absolute Gasteiger partial charge is 0.263 e. The summed E-state index contributed by atoms with van der Waals surface area (Å²) in [6.07, 6.45) is 0. The fourth-order valence-electron chi connectivity index (χ4n) is 1.58. The highest BCUT2D eigenvalue weighted by atomic mass is 35.5. The summed E-state index contributed by atoms with van der Waals surface area (Å²) >= 11 is 0. The highest BCUT2D eigenvalue weighted by Gasteiger charge is 2.15. The van der Waals surface area contributed by atoms with E-state index in [-0.39, 0.29) is 35.5 Å². The summed E-state index contributed by atoms with van der Waals surface area (Å²) in [5.74, 6) is 0.955. The van der Waals surface area contributed by atoms with Gasteiger partial charge in [-0.2, -0.15) is 9.97 Å². The molecule has 0 aliphatic carbocycles. The Labute approximate surface area is 147 Å². The normalized spacial score (nSPS) is 10.0. The van der Waals surface area contributed by atoms with Crippen LogP contribution in [0.2, 0.25) is 0 Å². The predicted octanol–water partition coefficient (Wildman–Crippen LogP) is 1.79. The molecule has 0 aliphatic rings. The van der Waals surface area contributed by atoms with E-state index in [0.29, 0.717) is 17.5 Å². The SMILES string of the molecule is CNc1cc(NS(=O)(=O)c2ccc(N)cc2)nc(NC)n1.Cl.Cl. The van der Waals surface area contributed by atoms with Crippen LogP contribution in [0.5, 0.6) is 0 Å². The van der Waals surface area contributed by atoms with Gasteiger partial charge < -0.3 is 16.4 Å². The number of nitrogen functional groups attached to an aromatic ring is 1. The number of rotatable bonds is 5. The number of anilines is 4. The van der Waals surface area contributed by atoms with Crippen LogP contribution in [0, 0.1) is 0 Å². The summed E-state index contributed by atoms with van der Waals surface area (Å²) in [5, 5.41) is 5.59. The minimum Gasteiger partial charge on any atom is -0.399 e. The van der Waals surface area contributed by atoms with Gasteiger partial charge in [0, 0.05) is 25.8 Å². The molecule has 5 N–H and O–H groups in total. The van der Waals surface area contributed by atoms with E-state index in [9.17, 15) is 8.42 Å². The Morgan fingerprint density at radius 2 is 1.52 bits per heavy atom. The first-order valence-electron chi connectivity index (χ1n) is 6.07. The molecule has 0 amide bonds. The molecule has 11 heteroatoms. The van der Waals surface area contributed by atoms with E-state index >= 15 is 0 Å². The van der Waals surface area contributed by atoms with Crippen molar-refractivity contribution in [3.63, 3.8) is 0 Å². The third-order valence-corrected chi connectivity index (χ3v) is 4.01. The Hall–Kier alpha value is -1.97. The molecule has 0 unspecified atom stereocenters. The summed E-state index contributed by atoms with van der Waals surface area (Å²) in [4.78, 5) is 8.25. The monoisotopic (exact) mass is 380 g/mol. The van der Waals surface area contributed by atoms with E-state index in [4.69, 9.17) is 5.73 Å². The van der Waals surface area contributed by atoms with Crippen LogP contribution < -0.4 is 21.1 Å². The predicted molar refractivity (Wildman–Crippen MR) is 97.3 cm³/mol. The molecule has 0 spiro atoms. The van der Waals surface area contributed by atoms with Crippen molar-refractivity contribution in [1.29, 1.82) is 0 Å². The molecular formula is C12H18Cl2N6O2S. The van der Waals surface area contributed by atoms with Gasteiger partial charge in [-0.15, -0.1) is 24.8 Å². The number of nitrogens with zero attached hydrogens (tertiary/aromatic N) is 2. The van der Waals surface area contributed by atoms with E-state index in [1.807, 2.05) is 0 Å². The van der Waals surface area contributed by atoms with Gasteiger partial charge in [0.25, 0.3) is 10.0 Å². The molecule has 23 heavy (non-hydrogen) atoms. The average Bonchev–Trinajstić information content (AvgIpc) is 2.46. The lowest BCUT2D eigenvalue weighted by molar-refractivity contribution is 0.601. The van der Waals surface area contributed by atoms with Crippen LogP contribution in [-0.2, 0) is 10.0 Å². The molecule has 0 saturated heterocycles. The first-order valence-corrected chi connectivity index (χ1v) is 7.56. The Morgan fingerprint density at radius 3 is 2.04 bits per heavy atom. The Kier molecular flexibility index (Phi) is 7.87. The van der Waals surface area contributed by atoms with Gasteiger partial charge in [-0.05, 0) is 24.3 Å². The van der Waals surface area contributed by atoms with Gasteiger partial charge >= 0.3 is 0 Å². The zero-order valence-electron chi connectivity index (χ0n) is 12.4. The molecule has 2 aromatic rings. The van der Waals surface area contributed by atoms with Crippen molar-refractivity contribution < 1.29 is 8.42 Å². The summed E-state index contributed by atoms with van der Waals surface area (Å²) in [5.41, 5.74) is 6.04. The summed E-state index contributed by atoms with van der Waals surface area (Å²) in [7, 11) is -0.405. The maximum absolute atomic E-state index is 12.3.